The van der Waals surface area contributed by atoms with Crippen molar-refractivity contribution in [1.82, 2.24) is 19.7 Å². The number of thiazole rings is 1. The monoisotopic (exact) mass is 421 g/mol. The summed E-state index contributed by atoms with van der Waals surface area (Å²) in [6, 6.07) is 7.83. The third-order valence-electron chi connectivity index (χ3n) is 5.42. The van der Waals surface area contributed by atoms with Gasteiger partial charge in [0.05, 0.1) is 28.6 Å². The molecule has 0 radical (unpaired) electrons. The molecular weight excluding hydrogens is 398 g/mol. The lowest BCUT2D eigenvalue weighted by atomic mass is 9.93. The molecule has 1 aliphatic carbocycles. The van der Waals surface area contributed by atoms with Crippen LogP contribution in [0.1, 0.15) is 25.7 Å². The number of anilines is 1. The highest BCUT2D eigenvalue weighted by Crippen LogP contribution is 2.35. The Morgan fingerprint density at radius 1 is 1.20 bits per heavy atom. The summed E-state index contributed by atoms with van der Waals surface area (Å²) in [7, 11) is 1.88. The quantitative estimate of drug-likeness (QED) is 0.490. The summed E-state index contributed by atoms with van der Waals surface area (Å²) in [5.41, 5.74) is 2.77. The Bertz CT molecular complexity index is 1170. The number of aliphatic hydroxyl groups excluding tert-OH is 1. The number of aromatic nitrogens is 4. The molecule has 1 aliphatic rings. The number of aliphatic hydroxyl groups is 1. The highest BCUT2D eigenvalue weighted by Gasteiger charge is 2.23. The smallest absolute Gasteiger partial charge is 0.184 e. The first kappa shape index (κ1) is 19.0. The van der Waals surface area contributed by atoms with E-state index < -0.39 is 0 Å². The Kier molecular flexibility index (Phi) is 5.10. The molecule has 0 saturated heterocycles. The van der Waals surface area contributed by atoms with Crippen molar-refractivity contribution in [3.8, 4) is 22.6 Å². The maximum atomic E-state index is 10.2. The molecule has 2 N–H and O–H groups in total. The number of pyridine rings is 1. The number of aryl methyl sites for hydroxylation is 1. The Balaban J connectivity index is 1.38. The third kappa shape index (κ3) is 3.88. The first-order valence-electron chi connectivity index (χ1n) is 10.1. The van der Waals surface area contributed by atoms with E-state index >= 15 is 0 Å². The number of hydrogen-bond donors (Lipinski definition) is 2. The molecule has 0 bridgehead atoms. The van der Waals surface area contributed by atoms with Gasteiger partial charge in [-0.25, -0.2) is 4.98 Å². The fourth-order valence-corrected chi connectivity index (χ4v) is 4.80. The number of nitrogens with one attached hydrogen (secondary N) is 1. The Hall–Kier alpha value is -2.97. The summed E-state index contributed by atoms with van der Waals surface area (Å²) in [5.74, 6) is 1.47. The minimum atomic E-state index is -0.303. The van der Waals surface area contributed by atoms with Gasteiger partial charge in [0.15, 0.2) is 5.13 Å². The molecule has 1 saturated carbocycles. The normalized spacial score (nSPS) is 19.1. The molecule has 0 aliphatic heterocycles. The van der Waals surface area contributed by atoms with Crippen LogP contribution in [0.5, 0.6) is 11.5 Å². The molecule has 0 unspecified atom stereocenters. The molecule has 2 atom stereocenters. The highest BCUT2D eigenvalue weighted by molar-refractivity contribution is 7.22. The second-order valence-electron chi connectivity index (χ2n) is 7.63. The first-order chi connectivity index (χ1) is 14.7. The van der Waals surface area contributed by atoms with E-state index in [2.05, 4.69) is 20.4 Å². The van der Waals surface area contributed by atoms with Gasteiger partial charge in [-0.05, 0) is 31.0 Å². The van der Waals surface area contributed by atoms with E-state index in [9.17, 15) is 5.11 Å². The van der Waals surface area contributed by atoms with Crippen molar-refractivity contribution < 1.29 is 9.84 Å². The second kappa shape index (κ2) is 8.04. The van der Waals surface area contributed by atoms with Crippen LogP contribution in [0.3, 0.4) is 0 Å². The fraction of sp³-hybridized carbons (Fsp3) is 0.318. The van der Waals surface area contributed by atoms with Crippen LogP contribution in [-0.2, 0) is 7.05 Å². The number of ether oxygens (including phenoxy) is 1. The van der Waals surface area contributed by atoms with E-state index in [1.54, 1.807) is 34.6 Å². The number of nitrogens with zero attached hydrogens (tertiary/aromatic N) is 4. The van der Waals surface area contributed by atoms with Crippen molar-refractivity contribution in [2.45, 2.75) is 37.8 Å². The van der Waals surface area contributed by atoms with Crippen LogP contribution in [0.25, 0.3) is 21.3 Å². The summed E-state index contributed by atoms with van der Waals surface area (Å²) >= 11 is 1.58. The van der Waals surface area contributed by atoms with Crippen molar-refractivity contribution in [3.63, 3.8) is 0 Å². The van der Waals surface area contributed by atoms with Gasteiger partial charge in [0.25, 0.3) is 0 Å². The molecule has 0 spiro atoms. The number of fused-ring (bicyclic) bond motifs is 1. The fourth-order valence-electron chi connectivity index (χ4n) is 3.84. The van der Waals surface area contributed by atoms with Crippen LogP contribution >= 0.6 is 11.3 Å². The van der Waals surface area contributed by atoms with E-state index in [1.807, 2.05) is 37.5 Å². The lowest BCUT2D eigenvalue weighted by molar-refractivity contribution is 0.116. The first-order valence-corrected chi connectivity index (χ1v) is 10.9. The molecule has 1 aromatic carbocycles. The van der Waals surface area contributed by atoms with Crippen LogP contribution in [0.2, 0.25) is 0 Å². The van der Waals surface area contributed by atoms with E-state index in [0.29, 0.717) is 0 Å². The zero-order chi connectivity index (χ0) is 20.5. The average Bonchev–Trinajstić information content (AvgIpc) is 3.35. The molecule has 30 heavy (non-hydrogen) atoms. The Morgan fingerprint density at radius 2 is 2.10 bits per heavy atom. The van der Waals surface area contributed by atoms with Crippen molar-refractivity contribution >= 4 is 26.7 Å². The van der Waals surface area contributed by atoms with E-state index in [4.69, 9.17) is 4.74 Å². The standard InChI is InChI=1S/C22H23N5O2S/c1-27-13-14(11-24-27)16-12-23-9-8-20(16)29-15-6-7-18-21(10-15)30-22(26-18)25-17-4-2-3-5-19(17)28/h6-13,17,19,28H,2-5H2,1H3,(H,25,26)/t17-,19-/m1/s1. The minimum absolute atomic E-state index is 0.0777. The van der Waals surface area contributed by atoms with Crippen molar-refractivity contribution in [2.75, 3.05) is 5.32 Å². The molecule has 8 heteroatoms. The Morgan fingerprint density at radius 3 is 2.93 bits per heavy atom. The van der Waals surface area contributed by atoms with Gasteiger partial charge in [0.1, 0.15) is 11.5 Å². The largest absolute Gasteiger partial charge is 0.457 e. The predicted molar refractivity (Wildman–Crippen MR) is 118 cm³/mol. The molecule has 3 aromatic heterocycles. The van der Waals surface area contributed by atoms with Crippen LogP contribution in [0, 0.1) is 0 Å². The third-order valence-corrected chi connectivity index (χ3v) is 6.37. The maximum Gasteiger partial charge on any atom is 0.184 e. The maximum absolute atomic E-state index is 10.2. The van der Waals surface area contributed by atoms with Crippen molar-refractivity contribution in [2.24, 2.45) is 7.05 Å². The van der Waals surface area contributed by atoms with Crippen molar-refractivity contribution in [3.05, 3.63) is 49.1 Å². The summed E-state index contributed by atoms with van der Waals surface area (Å²) in [4.78, 5) is 8.91. The molecule has 0 amide bonds. The average molecular weight is 422 g/mol. The van der Waals surface area contributed by atoms with E-state index in [0.717, 1.165) is 63.7 Å². The molecule has 4 aromatic rings. The summed E-state index contributed by atoms with van der Waals surface area (Å²) in [6.45, 7) is 0. The Labute approximate surface area is 178 Å². The molecule has 1 fully saturated rings. The molecule has 7 nitrogen and oxygen atoms in total. The lowest BCUT2D eigenvalue weighted by Crippen LogP contribution is -2.36. The van der Waals surface area contributed by atoms with Gasteiger partial charge in [-0.2, -0.15) is 5.10 Å². The summed E-state index contributed by atoms with van der Waals surface area (Å²) < 4.78 is 9.00. The molecule has 154 valence electrons. The molecule has 3 heterocycles. The van der Waals surface area contributed by atoms with Gasteiger partial charge in [-0.3, -0.25) is 9.67 Å². The van der Waals surface area contributed by atoms with Gasteiger partial charge in [-0.15, -0.1) is 0 Å². The van der Waals surface area contributed by atoms with Crippen molar-refractivity contribution in [1.29, 1.82) is 0 Å². The highest BCUT2D eigenvalue weighted by atomic mass is 32.1. The zero-order valence-electron chi connectivity index (χ0n) is 16.7. The number of rotatable bonds is 5. The topological polar surface area (TPSA) is 85.1 Å². The SMILES string of the molecule is Cn1cc(-c2cnccc2Oc2ccc3nc(N[C@@H]4CCCC[C@H]4O)sc3c2)cn1. The van der Waals surface area contributed by atoms with Crippen LogP contribution in [-0.4, -0.2) is 37.0 Å². The van der Waals surface area contributed by atoms with Gasteiger partial charge >= 0.3 is 0 Å². The van der Waals surface area contributed by atoms with Gasteiger partial charge in [0.2, 0.25) is 0 Å². The van der Waals surface area contributed by atoms with E-state index in [-0.39, 0.29) is 12.1 Å². The lowest BCUT2D eigenvalue weighted by Gasteiger charge is -2.27. The van der Waals surface area contributed by atoms with Gasteiger partial charge in [-0.1, -0.05) is 24.2 Å². The van der Waals surface area contributed by atoms with Crippen LogP contribution < -0.4 is 10.1 Å². The predicted octanol–water partition coefficient (Wildman–Crippen LogP) is 4.60. The minimum Gasteiger partial charge on any atom is -0.457 e. The summed E-state index contributed by atoms with van der Waals surface area (Å²) in [5, 5.41) is 18.7. The molecule has 5 rings (SSSR count). The number of hydrogen-bond acceptors (Lipinski definition) is 7. The second-order valence-corrected chi connectivity index (χ2v) is 8.66. The van der Waals surface area contributed by atoms with Crippen LogP contribution in [0.4, 0.5) is 5.13 Å². The zero-order valence-corrected chi connectivity index (χ0v) is 17.5. The van der Waals surface area contributed by atoms with Gasteiger partial charge < -0.3 is 15.2 Å². The number of benzene rings is 1. The van der Waals surface area contributed by atoms with Gasteiger partial charge in [0, 0.05) is 42.8 Å². The van der Waals surface area contributed by atoms with E-state index in [1.165, 1.54) is 0 Å². The molecular formula is C22H23N5O2S. The van der Waals surface area contributed by atoms with Crippen LogP contribution in [0.15, 0.2) is 49.1 Å². The summed E-state index contributed by atoms with van der Waals surface area (Å²) in [6.07, 6.45) is 11.0.